The highest BCUT2D eigenvalue weighted by Crippen LogP contribution is 2.26. The zero-order valence-corrected chi connectivity index (χ0v) is 11.6. The van der Waals surface area contributed by atoms with Crippen LogP contribution in [0.5, 0.6) is 0 Å². The quantitative estimate of drug-likeness (QED) is 0.840. The summed E-state index contributed by atoms with van der Waals surface area (Å²) in [5.74, 6) is 2.43. The minimum atomic E-state index is -0.0703. The van der Waals surface area contributed by atoms with Crippen molar-refractivity contribution in [2.75, 3.05) is 13.1 Å². The van der Waals surface area contributed by atoms with Crippen LogP contribution in [0, 0.1) is 13.8 Å². The fourth-order valence-corrected chi connectivity index (χ4v) is 2.55. The van der Waals surface area contributed by atoms with E-state index in [4.69, 9.17) is 8.94 Å². The van der Waals surface area contributed by atoms with E-state index in [0.29, 0.717) is 24.0 Å². The summed E-state index contributed by atoms with van der Waals surface area (Å²) < 4.78 is 10.6. The number of aromatic nitrogens is 2. The molecule has 3 heterocycles. The van der Waals surface area contributed by atoms with Gasteiger partial charge in [-0.25, -0.2) is 0 Å². The Morgan fingerprint density at radius 1 is 1.40 bits per heavy atom. The van der Waals surface area contributed by atoms with Crippen molar-refractivity contribution in [2.45, 2.75) is 32.6 Å². The Kier molecular flexibility index (Phi) is 3.30. The van der Waals surface area contributed by atoms with Crippen LogP contribution in [-0.2, 0) is 0 Å². The maximum Gasteiger partial charge on any atom is 0.289 e. The molecule has 2 aromatic heterocycles. The van der Waals surface area contributed by atoms with E-state index in [2.05, 4.69) is 10.1 Å². The molecular weight excluding hydrogens is 258 g/mol. The van der Waals surface area contributed by atoms with E-state index in [0.717, 1.165) is 25.1 Å². The zero-order valence-electron chi connectivity index (χ0n) is 11.6. The van der Waals surface area contributed by atoms with Crippen LogP contribution < -0.4 is 0 Å². The van der Waals surface area contributed by atoms with Crippen LogP contribution in [-0.4, -0.2) is 34.0 Å². The first kappa shape index (κ1) is 12.9. The lowest BCUT2D eigenvalue weighted by Crippen LogP contribution is -2.39. The SMILES string of the molecule is Cc1noc([C@@H]2CCCN(C(=O)c3ccc(C)o3)C2)n1. The molecule has 20 heavy (non-hydrogen) atoms. The number of hydrogen-bond acceptors (Lipinski definition) is 5. The van der Waals surface area contributed by atoms with Crippen LogP contribution in [0.2, 0.25) is 0 Å². The summed E-state index contributed by atoms with van der Waals surface area (Å²) in [6, 6.07) is 3.52. The van der Waals surface area contributed by atoms with Gasteiger partial charge in [-0.15, -0.1) is 0 Å². The molecule has 1 amide bonds. The Morgan fingerprint density at radius 2 is 2.25 bits per heavy atom. The summed E-state index contributed by atoms with van der Waals surface area (Å²) >= 11 is 0. The standard InChI is InChI=1S/C14H17N3O3/c1-9-5-6-12(19-9)14(18)17-7-3-4-11(8-17)13-15-10(2)16-20-13/h5-6,11H,3-4,7-8H2,1-2H3/t11-/m1/s1. The van der Waals surface area contributed by atoms with E-state index in [9.17, 15) is 4.79 Å². The molecule has 2 aromatic rings. The zero-order chi connectivity index (χ0) is 14.1. The highest BCUT2D eigenvalue weighted by atomic mass is 16.5. The molecule has 0 spiro atoms. The van der Waals surface area contributed by atoms with Gasteiger partial charge in [0, 0.05) is 13.1 Å². The number of amides is 1. The van der Waals surface area contributed by atoms with Gasteiger partial charge in [0.1, 0.15) is 5.76 Å². The highest BCUT2D eigenvalue weighted by molar-refractivity contribution is 5.91. The fourth-order valence-electron chi connectivity index (χ4n) is 2.55. The van der Waals surface area contributed by atoms with E-state index in [1.54, 1.807) is 24.0 Å². The number of aryl methyl sites for hydroxylation is 2. The number of carbonyl (C=O) groups is 1. The van der Waals surface area contributed by atoms with E-state index in [-0.39, 0.29) is 11.8 Å². The largest absolute Gasteiger partial charge is 0.456 e. The summed E-state index contributed by atoms with van der Waals surface area (Å²) in [5, 5.41) is 3.82. The van der Waals surface area contributed by atoms with Crippen LogP contribution >= 0.6 is 0 Å². The van der Waals surface area contributed by atoms with Gasteiger partial charge in [-0.3, -0.25) is 4.79 Å². The molecule has 106 valence electrons. The Balaban J connectivity index is 1.73. The van der Waals surface area contributed by atoms with Crippen molar-refractivity contribution in [3.63, 3.8) is 0 Å². The predicted octanol–water partition coefficient (Wildman–Crippen LogP) is 2.30. The van der Waals surface area contributed by atoms with Crippen LogP contribution in [0.4, 0.5) is 0 Å². The van der Waals surface area contributed by atoms with Gasteiger partial charge in [0.2, 0.25) is 5.89 Å². The Hall–Kier alpha value is -2.11. The third kappa shape index (κ3) is 2.45. The van der Waals surface area contributed by atoms with Crippen LogP contribution in [0.3, 0.4) is 0 Å². The molecule has 1 fully saturated rings. The van der Waals surface area contributed by atoms with Crippen molar-refractivity contribution in [3.8, 4) is 0 Å². The van der Waals surface area contributed by atoms with Crippen LogP contribution in [0.1, 0.15) is 46.8 Å². The topological polar surface area (TPSA) is 72.4 Å². The summed E-state index contributed by atoms with van der Waals surface area (Å²) in [7, 11) is 0. The average molecular weight is 275 g/mol. The number of piperidine rings is 1. The molecule has 1 aliphatic rings. The second kappa shape index (κ2) is 5.11. The Morgan fingerprint density at radius 3 is 2.90 bits per heavy atom. The second-order valence-electron chi connectivity index (χ2n) is 5.18. The smallest absolute Gasteiger partial charge is 0.289 e. The van der Waals surface area contributed by atoms with Gasteiger partial charge in [-0.2, -0.15) is 4.98 Å². The number of furan rings is 1. The molecular formula is C14H17N3O3. The van der Waals surface area contributed by atoms with Gasteiger partial charge in [0.15, 0.2) is 11.6 Å². The van der Waals surface area contributed by atoms with Gasteiger partial charge in [0.25, 0.3) is 5.91 Å². The summed E-state index contributed by atoms with van der Waals surface area (Å²) in [4.78, 5) is 18.4. The van der Waals surface area contributed by atoms with Gasteiger partial charge in [-0.1, -0.05) is 5.16 Å². The fraction of sp³-hybridized carbons (Fsp3) is 0.500. The Labute approximate surface area is 116 Å². The van der Waals surface area contributed by atoms with Crippen molar-refractivity contribution in [3.05, 3.63) is 35.4 Å². The molecule has 0 saturated carbocycles. The first-order valence-electron chi connectivity index (χ1n) is 6.79. The van der Waals surface area contributed by atoms with E-state index in [1.807, 2.05) is 6.92 Å². The van der Waals surface area contributed by atoms with Crippen molar-refractivity contribution in [2.24, 2.45) is 0 Å². The van der Waals surface area contributed by atoms with E-state index < -0.39 is 0 Å². The lowest BCUT2D eigenvalue weighted by Gasteiger charge is -2.30. The Bertz CT molecular complexity index is 617. The second-order valence-corrected chi connectivity index (χ2v) is 5.18. The van der Waals surface area contributed by atoms with Crippen molar-refractivity contribution in [1.29, 1.82) is 0 Å². The lowest BCUT2D eigenvalue weighted by molar-refractivity contribution is 0.0662. The first-order valence-corrected chi connectivity index (χ1v) is 6.79. The molecule has 0 bridgehead atoms. The van der Waals surface area contributed by atoms with Gasteiger partial charge >= 0.3 is 0 Å². The van der Waals surface area contributed by atoms with Gasteiger partial charge in [-0.05, 0) is 38.8 Å². The van der Waals surface area contributed by atoms with E-state index >= 15 is 0 Å². The molecule has 0 unspecified atom stereocenters. The first-order chi connectivity index (χ1) is 9.63. The van der Waals surface area contributed by atoms with Crippen molar-refractivity contribution >= 4 is 5.91 Å². The number of hydrogen-bond donors (Lipinski definition) is 0. The molecule has 0 aliphatic carbocycles. The molecule has 0 aromatic carbocycles. The van der Waals surface area contributed by atoms with Crippen LogP contribution in [0.25, 0.3) is 0 Å². The molecule has 6 nitrogen and oxygen atoms in total. The third-order valence-electron chi connectivity index (χ3n) is 3.55. The number of carbonyl (C=O) groups excluding carboxylic acids is 1. The van der Waals surface area contributed by atoms with Gasteiger partial charge in [0.05, 0.1) is 5.92 Å². The minimum absolute atomic E-state index is 0.0703. The molecule has 1 atom stereocenters. The van der Waals surface area contributed by atoms with E-state index in [1.165, 1.54) is 0 Å². The molecule has 1 saturated heterocycles. The van der Waals surface area contributed by atoms with Gasteiger partial charge < -0.3 is 13.8 Å². The lowest BCUT2D eigenvalue weighted by atomic mass is 9.98. The van der Waals surface area contributed by atoms with Crippen LogP contribution in [0.15, 0.2) is 21.1 Å². The molecule has 0 N–H and O–H groups in total. The summed E-state index contributed by atoms with van der Waals surface area (Å²) in [6.07, 6.45) is 1.89. The normalized spacial score (nSPS) is 19.3. The molecule has 0 radical (unpaired) electrons. The average Bonchev–Trinajstić information content (AvgIpc) is 3.07. The monoisotopic (exact) mass is 275 g/mol. The summed E-state index contributed by atoms with van der Waals surface area (Å²) in [6.45, 7) is 4.96. The predicted molar refractivity (Wildman–Crippen MR) is 70.4 cm³/mol. The maximum absolute atomic E-state index is 12.4. The van der Waals surface area contributed by atoms with Crippen molar-refractivity contribution < 1.29 is 13.7 Å². The number of likely N-dealkylation sites (tertiary alicyclic amines) is 1. The molecule has 6 heteroatoms. The number of rotatable bonds is 2. The highest BCUT2D eigenvalue weighted by Gasteiger charge is 2.29. The molecule has 1 aliphatic heterocycles. The van der Waals surface area contributed by atoms with Crippen molar-refractivity contribution in [1.82, 2.24) is 15.0 Å². The number of nitrogens with zero attached hydrogens (tertiary/aromatic N) is 3. The molecule has 3 rings (SSSR count). The minimum Gasteiger partial charge on any atom is -0.456 e. The summed E-state index contributed by atoms with van der Waals surface area (Å²) in [5.41, 5.74) is 0. The maximum atomic E-state index is 12.4. The third-order valence-corrected chi connectivity index (χ3v) is 3.55.